The number of aryl methyl sites for hydroxylation is 1. The number of anilines is 1. The molecule has 0 aliphatic heterocycles. The van der Waals surface area contributed by atoms with E-state index in [1.807, 2.05) is 50.2 Å². The van der Waals surface area contributed by atoms with Gasteiger partial charge in [-0.1, -0.05) is 36.8 Å². The van der Waals surface area contributed by atoms with Crippen LogP contribution >= 0.6 is 11.8 Å². The second-order valence-corrected chi connectivity index (χ2v) is 6.64. The van der Waals surface area contributed by atoms with Gasteiger partial charge in [0.05, 0.1) is 5.56 Å². The molecule has 2 rings (SSSR count). The van der Waals surface area contributed by atoms with E-state index in [1.54, 1.807) is 30.8 Å². The van der Waals surface area contributed by atoms with Gasteiger partial charge in [-0.15, -0.1) is 11.8 Å². The number of carbonyl (C=O) groups is 2. The molecular weight excluding hydrogens is 322 g/mol. The first-order chi connectivity index (χ1) is 11.5. The van der Waals surface area contributed by atoms with E-state index in [-0.39, 0.29) is 5.91 Å². The monoisotopic (exact) mass is 343 g/mol. The van der Waals surface area contributed by atoms with Crippen molar-refractivity contribution >= 4 is 29.3 Å². The molecule has 2 aromatic rings. The van der Waals surface area contributed by atoms with Gasteiger partial charge in [-0.2, -0.15) is 0 Å². The molecule has 5 heteroatoms. The van der Waals surface area contributed by atoms with E-state index in [0.717, 1.165) is 16.2 Å². The SMILES string of the molecule is CCSc1ccccc1C(=O)O[C@H](C)C(=O)Nc1ccc(C)cc1. The molecule has 0 heterocycles. The van der Waals surface area contributed by atoms with Crippen molar-refractivity contribution in [1.82, 2.24) is 0 Å². The van der Waals surface area contributed by atoms with Crippen molar-refractivity contribution in [2.45, 2.75) is 31.8 Å². The lowest BCUT2D eigenvalue weighted by Crippen LogP contribution is -2.30. The van der Waals surface area contributed by atoms with Crippen LogP contribution in [-0.4, -0.2) is 23.7 Å². The van der Waals surface area contributed by atoms with Gasteiger partial charge in [0.15, 0.2) is 6.10 Å². The lowest BCUT2D eigenvalue weighted by atomic mass is 10.2. The van der Waals surface area contributed by atoms with Gasteiger partial charge in [0, 0.05) is 10.6 Å². The maximum absolute atomic E-state index is 12.3. The minimum absolute atomic E-state index is 0.354. The standard InChI is InChI=1S/C19H21NO3S/c1-4-24-17-8-6-5-7-16(17)19(22)23-14(3)18(21)20-15-11-9-13(2)10-12-15/h5-12,14H,4H2,1-3H3,(H,20,21)/t14-/m1/s1. The van der Waals surface area contributed by atoms with Crippen LogP contribution < -0.4 is 5.32 Å². The van der Waals surface area contributed by atoms with E-state index in [0.29, 0.717) is 11.3 Å². The largest absolute Gasteiger partial charge is 0.449 e. The molecule has 1 amide bonds. The Hall–Kier alpha value is -2.27. The van der Waals surface area contributed by atoms with Crippen molar-refractivity contribution < 1.29 is 14.3 Å². The maximum atomic E-state index is 12.3. The topological polar surface area (TPSA) is 55.4 Å². The number of benzene rings is 2. The number of hydrogen-bond acceptors (Lipinski definition) is 4. The highest BCUT2D eigenvalue weighted by atomic mass is 32.2. The quantitative estimate of drug-likeness (QED) is 0.628. The van der Waals surface area contributed by atoms with E-state index in [1.165, 1.54) is 0 Å². The van der Waals surface area contributed by atoms with Crippen LogP contribution in [0.1, 0.15) is 29.8 Å². The predicted octanol–water partition coefficient (Wildman–Crippen LogP) is 4.29. The summed E-state index contributed by atoms with van der Waals surface area (Å²) in [5, 5.41) is 2.74. The molecule has 0 fully saturated rings. The Morgan fingerprint density at radius 2 is 1.79 bits per heavy atom. The number of amides is 1. The Morgan fingerprint density at radius 3 is 2.46 bits per heavy atom. The Morgan fingerprint density at radius 1 is 1.12 bits per heavy atom. The van der Waals surface area contributed by atoms with Crippen molar-refractivity contribution in [1.29, 1.82) is 0 Å². The summed E-state index contributed by atoms with van der Waals surface area (Å²) < 4.78 is 5.32. The van der Waals surface area contributed by atoms with Crippen LogP contribution in [0.15, 0.2) is 53.4 Å². The highest BCUT2D eigenvalue weighted by Gasteiger charge is 2.20. The summed E-state index contributed by atoms with van der Waals surface area (Å²) in [6.45, 7) is 5.56. The average Bonchev–Trinajstić information content (AvgIpc) is 2.57. The number of thioether (sulfide) groups is 1. The lowest BCUT2D eigenvalue weighted by Gasteiger charge is -2.15. The van der Waals surface area contributed by atoms with Crippen molar-refractivity contribution in [2.75, 3.05) is 11.1 Å². The molecule has 4 nitrogen and oxygen atoms in total. The molecule has 0 saturated carbocycles. The number of carbonyl (C=O) groups excluding carboxylic acids is 2. The second kappa shape index (κ2) is 8.55. The summed E-state index contributed by atoms with van der Waals surface area (Å²) in [5.41, 5.74) is 2.27. The molecule has 126 valence electrons. The lowest BCUT2D eigenvalue weighted by molar-refractivity contribution is -0.123. The summed E-state index contributed by atoms with van der Waals surface area (Å²) in [4.78, 5) is 25.4. The van der Waals surface area contributed by atoms with Crippen LogP contribution in [0.5, 0.6) is 0 Å². The first-order valence-corrected chi connectivity index (χ1v) is 8.80. The first-order valence-electron chi connectivity index (χ1n) is 7.81. The summed E-state index contributed by atoms with van der Waals surface area (Å²) >= 11 is 1.57. The molecule has 2 aromatic carbocycles. The minimum Gasteiger partial charge on any atom is -0.449 e. The van der Waals surface area contributed by atoms with Crippen molar-refractivity contribution in [3.63, 3.8) is 0 Å². The van der Waals surface area contributed by atoms with Crippen LogP contribution in [0, 0.1) is 6.92 Å². The molecule has 0 aliphatic rings. The number of rotatable bonds is 6. The summed E-state index contributed by atoms with van der Waals surface area (Å²) in [6, 6.07) is 14.7. The molecule has 0 spiro atoms. The Labute approximate surface area is 146 Å². The van der Waals surface area contributed by atoms with Gasteiger partial charge in [-0.25, -0.2) is 4.79 Å². The van der Waals surface area contributed by atoms with Gasteiger partial charge < -0.3 is 10.1 Å². The smallest absolute Gasteiger partial charge is 0.340 e. The Kier molecular flexibility index (Phi) is 6.44. The molecule has 0 aliphatic carbocycles. The van der Waals surface area contributed by atoms with E-state index < -0.39 is 12.1 Å². The Balaban J connectivity index is 2.00. The summed E-state index contributed by atoms with van der Waals surface area (Å²) in [7, 11) is 0. The highest BCUT2D eigenvalue weighted by Crippen LogP contribution is 2.23. The molecule has 0 aromatic heterocycles. The summed E-state index contributed by atoms with van der Waals surface area (Å²) in [6.07, 6.45) is -0.876. The van der Waals surface area contributed by atoms with E-state index in [4.69, 9.17) is 4.74 Å². The molecule has 0 unspecified atom stereocenters. The van der Waals surface area contributed by atoms with Crippen LogP contribution in [0.3, 0.4) is 0 Å². The van der Waals surface area contributed by atoms with Crippen LogP contribution in [0.2, 0.25) is 0 Å². The number of nitrogens with one attached hydrogen (secondary N) is 1. The van der Waals surface area contributed by atoms with Gasteiger partial charge in [0.2, 0.25) is 0 Å². The van der Waals surface area contributed by atoms with Crippen LogP contribution in [0.4, 0.5) is 5.69 Å². The molecule has 24 heavy (non-hydrogen) atoms. The number of esters is 1. The van der Waals surface area contributed by atoms with Gasteiger partial charge >= 0.3 is 5.97 Å². The minimum atomic E-state index is -0.876. The fraction of sp³-hybridized carbons (Fsp3) is 0.263. The zero-order chi connectivity index (χ0) is 17.5. The van der Waals surface area contributed by atoms with Gasteiger partial charge in [-0.05, 0) is 43.9 Å². The van der Waals surface area contributed by atoms with Crippen molar-refractivity contribution in [2.24, 2.45) is 0 Å². The third-order valence-electron chi connectivity index (χ3n) is 3.38. The molecule has 0 bridgehead atoms. The van der Waals surface area contributed by atoms with Crippen molar-refractivity contribution in [3.05, 3.63) is 59.7 Å². The molecular formula is C19H21NO3S. The molecule has 1 atom stereocenters. The Bertz CT molecular complexity index is 713. The van der Waals surface area contributed by atoms with E-state index >= 15 is 0 Å². The molecule has 1 N–H and O–H groups in total. The predicted molar refractivity (Wildman–Crippen MR) is 97.5 cm³/mol. The van der Waals surface area contributed by atoms with E-state index in [2.05, 4.69) is 5.32 Å². The molecule has 0 saturated heterocycles. The first kappa shape index (κ1) is 18.1. The molecule has 0 radical (unpaired) electrons. The van der Waals surface area contributed by atoms with E-state index in [9.17, 15) is 9.59 Å². The fourth-order valence-corrected chi connectivity index (χ4v) is 2.87. The fourth-order valence-electron chi connectivity index (χ4n) is 2.07. The maximum Gasteiger partial charge on any atom is 0.340 e. The normalized spacial score (nSPS) is 11.6. The zero-order valence-corrected chi connectivity index (χ0v) is 14.9. The number of hydrogen-bond donors (Lipinski definition) is 1. The third kappa shape index (κ3) is 4.86. The highest BCUT2D eigenvalue weighted by molar-refractivity contribution is 7.99. The van der Waals surface area contributed by atoms with Gasteiger partial charge in [0.1, 0.15) is 0 Å². The van der Waals surface area contributed by atoms with Crippen LogP contribution in [0.25, 0.3) is 0 Å². The summed E-state index contributed by atoms with van der Waals surface area (Å²) in [5.74, 6) is 0.0132. The average molecular weight is 343 g/mol. The third-order valence-corrected chi connectivity index (χ3v) is 4.33. The second-order valence-electron chi connectivity index (χ2n) is 5.33. The van der Waals surface area contributed by atoms with Gasteiger partial charge in [0.25, 0.3) is 5.91 Å². The number of ether oxygens (including phenoxy) is 1. The van der Waals surface area contributed by atoms with Crippen LogP contribution in [-0.2, 0) is 9.53 Å². The van der Waals surface area contributed by atoms with Crippen molar-refractivity contribution in [3.8, 4) is 0 Å². The zero-order valence-electron chi connectivity index (χ0n) is 14.0. The van der Waals surface area contributed by atoms with Gasteiger partial charge in [-0.3, -0.25) is 4.79 Å².